The summed E-state index contributed by atoms with van der Waals surface area (Å²) in [6, 6.07) is 33.0. The third-order valence-corrected chi connectivity index (χ3v) is 9.79. The summed E-state index contributed by atoms with van der Waals surface area (Å²) >= 11 is 0. The molecule has 1 aromatic heterocycles. The third kappa shape index (κ3) is 4.87. The highest BCUT2D eigenvalue weighted by atomic mass is 15.1. The Kier molecular flexibility index (Phi) is 7.31. The van der Waals surface area contributed by atoms with Gasteiger partial charge in [0.25, 0.3) is 0 Å². The summed E-state index contributed by atoms with van der Waals surface area (Å²) in [4.78, 5) is 5.06. The quantitative estimate of drug-likeness (QED) is 0.141. The monoisotopic (exact) mass is 604 g/mol. The molecule has 2 aliphatic rings. The molecule has 0 fully saturated rings. The summed E-state index contributed by atoms with van der Waals surface area (Å²) in [6.45, 7) is 4.39. The van der Waals surface area contributed by atoms with Gasteiger partial charge in [-0.2, -0.15) is 0 Å². The lowest BCUT2D eigenvalue weighted by Gasteiger charge is -2.28. The molecule has 47 heavy (non-hydrogen) atoms. The van der Waals surface area contributed by atoms with E-state index in [1.807, 2.05) is 19.1 Å². The minimum atomic E-state index is 0.228. The maximum atomic E-state index is 5.59. The van der Waals surface area contributed by atoms with Gasteiger partial charge in [-0.15, -0.1) is 6.42 Å². The molecule has 2 heteroatoms. The normalized spacial score (nSPS) is 17.8. The lowest BCUT2D eigenvalue weighted by atomic mass is 9.77. The van der Waals surface area contributed by atoms with Crippen molar-refractivity contribution in [3.05, 3.63) is 149 Å². The maximum Gasteiger partial charge on any atom is 0.145 e. The molecule has 2 aliphatic carbocycles. The highest BCUT2D eigenvalue weighted by Crippen LogP contribution is 2.39. The summed E-state index contributed by atoms with van der Waals surface area (Å²) in [5.41, 5.74) is 8.24. The number of nitrogens with zero attached hydrogens (tertiary/aromatic N) is 2. The number of allylic oxidation sites excluding steroid dienone is 8. The van der Waals surface area contributed by atoms with E-state index in [4.69, 9.17) is 11.4 Å². The molecular formula is C45H36N2. The van der Waals surface area contributed by atoms with Crippen LogP contribution in [0, 0.1) is 18.3 Å². The molecule has 2 unspecified atom stereocenters. The zero-order valence-electron chi connectivity index (χ0n) is 26.8. The van der Waals surface area contributed by atoms with Crippen molar-refractivity contribution in [3.8, 4) is 23.5 Å². The molecule has 0 radical (unpaired) electrons. The van der Waals surface area contributed by atoms with Crippen molar-refractivity contribution in [1.29, 1.82) is 0 Å². The Morgan fingerprint density at radius 1 is 0.872 bits per heavy atom. The number of para-hydroxylation sites is 2. The van der Waals surface area contributed by atoms with Crippen LogP contribution in [0.4, 0.5) is 0 Å². The Morgan fingerprint density at radius 3 is 2.43 bits per heavy atom. The van der Waals surface area contributed by atoms with E-state index in [1.54, 1.807) is 6.08 Å². The van der Waals surface area contributed by atoms with Gasteiger partial charge >= 0.3 is 0 Å². The predicted molar refractivity (Wildman–Crippen MR) is 201 cm³/mol. The fourth-order valence-corrected chi connectivity index (χ4v) is 7.64. The number of hydrogen-bond acceptors (Lipinski definition) is 1. The minimum absolute atomic E-state index is 0.228. The smallest absolute Gasteiger partial charge is 0.145 e. The molecule has 0 spiro atoms. The summed E-state index contributed by atoms with van der Waals surface area (Å²) in [6.07, 6.45) is 25.6. The van der Waals surface area contributed by atoms with Gasteiger partial charge in [0.2, 0.25) is 0 Å². The van der Waals surface area contributed by atoms with Crippen LogP contribution in [-0.2, 0) is 0 Å². The summed E-state index contributed by atoms with van der Waals surface area (Å²) in [7, 11) is 0. The van der Waals surface area contributed by atoms with Crippen molar-refractivity contribution in [1.82, 2.24) is 9.55 Å². The summed E-state index contributed by atoms with van der Waals surface area (Å²) in [5.74, 6) is 4.02. The van der Waals surface area contributed by atoms with Gasteiger partial charge in [0.05, 0.1) is 11.0 Å². The molecule has 0 saturated carbocycles. The van der Waals surface area contributed by atoms with Gasteiger partial charge in [0.15, 0.2) is 0 Å². The van der Waals surface area contributed by atoms with Crippen molar-refractivity contribution >= 4 is 56.0 Å². The van der Waals surface area contributed by atoms with E-state index in [0.29, 0.717) is 0 Å². The molecule has 2 atom stereocenters. The molecule has 0 bridgehead atoms. The highest BCUT2D eigenvalue weighted by molar-refractivity contribution is 6.02. The van der Waals surface area contributed by atoms with E-state index in [0.717, 1.165) is 41.0 Å². The van der Waals surface area contributed by atoms with E-state index in [1.165, 1.54) is 48.7 Å². The number of benzene rings is 5. The van der Waals surface area contributed by atoms with Crippen LogP contribution in [-0.4, -0.2) is 9.55 Å². The Balaban J connectivity index is 1.30. The number of fused-ring (bicyclic) bond motifs is 4. The number of imidazole rings is 1. The molecule has 8 rings (SSSR count). The lowest BCUT2D eigenvalue weighted by Crippen LogP contribution is -2.35. The zero-order valence-corrected chi connectivity index (χ0v) is 26.8. The topological polar surface area (TPSA) is 17.8 Å². The van der Waals surface area contributed by atoms with Gasteiger partial charge in [0.1, 0.15) is 5.82 Å². The van der Waals surface area contributed by atoms with Gasteiger partial charge in [-0.3, -0.25) is 4.57 Å². The molecule has 6 aromatic rings. The molecule has 2 nitrogen and oxygen atoms in total. The third-order valence-electron chi connectivity index (χ3n) is 9.79. The molecule has 0 amide bonds. The van der Waals surface area contributed by atoms with Crippen molar-refractivity contribution < 1.29 is 0 Å². The Bertz CT molecular complexity index is 2510. The standard InChI is InChI=1S/C45H36N2/c1-4-6-15-31(5-2)45-46-41-22-13-14-23-42(41)47(45)35-26-27-36(30(3)28-35)44-39-20-11-9-18-37(39)43(38-19-10-12-21-40(38)44)34-25-24-32-16-7-8-17-33(32)29-34/h1,5-9,11,13-30,36H,10,12H2,2-3H3/b15-6-,31-5+. The number of hydrogen-bond donors (Lipinski definition) is 0. The van der Waals surface area contributed by atoms with Crippen molar-refractivity contribution in [3.63, 3.8) is 0 Å². The van der Waals surface area contributed by atoms with E-state index in [-0.39, 0.29) is 11.8 Å². The van der Waals surface area contributed by atoms with Crippen LogP contribution in [0.5, 0.6) is 0 Å². The molecule has 0 aliphatic heterocycles. The molecule has 1 heterocycles. The van der Waals surface area contributed by atoms with Gasteiger partial charge in [0, 0.05) is 17.2 Å². The van der Waals surface area contributed by atoms with E-state index in [9.17, 15) is 0 Å². The second kappa shape index (κ2) is 11.9. The molecule has 226 valence electrons. The second-order valence-electron chi connectivity index (χ2n) is 12.5. The van der Waals surface area contributed by atoms with Crippen molar-refractivity contribution in [2.75, 3.05) is 0 Å². The van der Waals surface area contributed by atoms with Crippen LogP contribution in [0.1, 0.15) is 44.0 Å². The molecule has 0 saturated heterocycles. The van der Waals surface area contributed by atoms with E-state index < -0.39 is 0 Å². The predicted octanol–water partition coefficient (Wildman–Crippen LogP) is 9.79. The van der Waals surface area contributed by atoms with Crippen LogP contribution >= 0.6 is 0 Å². The first kappa shape index (κ1) is 28.8. The minimum Gasteiger partial charge on any atom is -0.293 e. The van der Waals surface area contributed by atoms with Crippen LogP contribution < -0.4 is 10.4 Å². The van der Waals surface area contributed by atoms with Crippen LogP contribution in [0.3, 0.4) is 0 Å². The molecular weight excluding hydrogens is 569 g/mol. The maximum absolute atomic E-state index is 5.59. The Hall–Kier alpha value is -5.65. The highest BCUT2D eigenvalue weighted by Gasteiger charge is 2.26. The van der Waals surface area contributed by atoms with Gasteiger partial charge in [-0.25, -0.2) is 4.98 Å². The number of rotatable bonds is 5. The average molecular weight is 605 g/mol. The van der Waals surface area contributed by atoms with Crippen molar-refractivity contribution in [2.24, 2.45) is 5.92 Å². The number of terminal acetylenes is 1. The molecule has 0 N–H and O–H groups in total. The van der Waals surface area contributed by atoms with Crippen LogP contribution in [0.25, 0.3) is 67.1 Å². The SMILES string of the molecule is C#C/C=C\C(=C/C)c1nc2ccccc2n1C1=CC(C)C(c2c3c(c(-c4ccc5ccccc5c4)c4ccccc24)=CCCC=3)C=C1. The lowest BCUT2D eigenvalue weighted by molar-refractivity contribution is 0.634. The first-order chi connectivity index (χ1) is 23.2. The molecule has 5 aromatic carbocycles. The van der Waals surface area contributed by atoms with Crippen molar-refractivity contribution in [2.45, 2.75) is 32.6 Å². The van der Waals surface area contributed by atoms with E-state index in [2.05, 4.69) is 139 Å². The largest absolute Gasteiger partial charge is 0.293 e. The second-order valence-corrected chi connectivity index (χ2v) is 12.5. The number of aromatic nitrogens is 2. The Labute approximate surface area is 276 Å². The first-order valence-corrected chi connectivity index (χ1v) is 16.6. The first-order valence-electron chi connectivity index (χ1n) is 16.6. The fourth-order valence-electron chi connectivity index (χ4n) is 7.64. The Morgan fingerprint density at radius 2 is 1.62 bits per heavy atom. The van der Waals surface area contributed by atoms with Crippen LogP contribution in [0.15, 0.2) is 127 Å². The van der Waals surface area contributed by atoms with E-state index >= 15 is 0 Å². The van der Waals surface area contributed by atoms with Crippen LogP contribution in [0.2, 0.25) is 0 Å². The summed E-state index contributed by atoms with van der Waals surface area (Å²) in [5, 5.41) is 7.96. The average Bonchev–Trinajstić information content (AvgIpc) is 3.50. The fraction of sp³-hybridized carbons (Fsp3) is 0.133. The van der Waals surface area contributed by atoms with Gasteiger partial charge in [-0.1, -0.05) is 116 Å². The van der Waals surface area contributed by atoms with Gasteiger partial charge < -0.3 is 0 Å². The van der Waals surface area contributed by atoms with Gasteiger partial charge in [-0.05, 0) is 111 Å². The zero-order chi connectivity index (χ0) is 31.9. The summed E-state index contributed by atoms with van der Waals surface area (Å²) < 4.78 is 2.28.